The molecule has 1 rings (SSSR count). The highest BCUT2D eigenvalue weighted by molar-refractivity contribution is 9.10. The molecular weight excluding hydrogens is 257 g/mol. The van der Waals surface area contributed by atoms with E-state index in [1.807, 2.05) is 0 Å². The lowest BCUT2D eigenvalue weighted by Gasteiger charge is -2.00. The van der Waals surface area contributed by atoms with Crippen molar-refractivity contribution in [3.8, 4) is 0 Å². The molecule has 1 aromatic rings. The minimum atomic E-state index is -0.564. The Balaban J connectivity index is 3.46. The second kappa shape index (κ2) is 3.89. The highest BCUT2D eigenvalue weighted by Crippen LogP contribution is 2.29. The van der Waals surface area contributed by atoms with E-state index < -0.39 is 4.92 Å². The maximum atomic E-state index is 10.5. The minimum absolute atomic E-state index is 0.0678. The molecule has 13 heavy (non-hydrogen) atoms. The van der Waals surface area contributed by atoms with Gasteiger partial charge in [0, 0.05) is 15.8 Å². The molecule has 0 heterocycles. The van der Waals surface area contributed by atoms with Gasteiger partial charge in [-0.3, -0.25) is 10.1 Å². The Labute approximate surface area is 84.5 Å². The molecule has 7 heteroatoms. The molecule has 5 nitrogen and oxygen atoms in total. The first kappa shape index (κ1) is 10.2. The van der Waals surface area contributed by atoms with Gasteiger partial charge >= 0.3 is 0 Å². The van der Waals surface area contributed by atoms with Crippen LogP contribution in [0.3, 0.4) is 0 Å². The van der Waals surface area contributed by atoms with E-state index >= 15 is 0 Å². The highest BCUT2D eigenvalue weighted by atomic mass is 79.9. The zero-order valence-corrected chi connectivity index (χ0v) is 9.06. The van der Waals surface area contributed by atoms with Crippen molar-refractivity contribution >= 4 is 41.8 Å². The van der Waals surface area contributed by atoms with Crippen molar-refractivity contribution in [3.05, 3.63) is 26.7 Å². The average molecular weight is 262 g/mol. The Morgan fingerprint density at radius 1 is 1.62 bits per heavy atom. The van der Waals surface area contributed by atoms with Crippen molar-refractivity contribution in [2.24, 2.45) is 5.11 Å². The monoisotopic (exact) mass is 261 g/mol. The molecular formula is C6H5BrN3O2P. The molecule has 0 aliphatic carbocycles. The summed E-state index contributed by atoms with van der Waals surface area (Å²) >= 11 is 3.12. The third-order valence-electron chi connectivity index (χ3n) is 1.39. The van der Waals surface area contributed by atoms with Crippen molar-refractivity contribution < 1.29 is 4.92 Å². The van der Waals surface area contributed by atoms with Crippen LogP contribution in [0.4, 0.5) is 11.4 Å². The van der Waals surface area contributed by atoms with Gasteiger partial charge in [-0.2, -0.15) is 5.11 Å². The summed E-state index contributed by atoms with van der Waals surface area (Å²) in [4.78, 5) is 9.95. The number of benzene rings is 1. The van der Waals surface area contributed by atoms with Crippen LogP contribution in [0.1, 0.15) is 0 Å². The maximum absolute atomic E-state index is 10.5. The van der Waals surface area contributed by atoms with Gasteiger partial charge in [0.2, 0.25) is 0 Å². The minimum Gasteiger partial charge on any atom is -0.258 e. The summed E-state index contributed by atoms with van der Waals surface area (Å²) < 4.78 is 0.594. The number of rotatable bonds is 2. The normalized spacial score (nSPS) is 9.69. The zero-order chi connectivity index (χ0) is 10.0. The number of nitro groups is 1. The number of nitrogens with one attached hydrogen (secondary N) is 1. The van der Waals surface area contributed by atoms with Gasteiger partial charge in [-0.05, 0) is 6.07 Å². The van der Waals surface area contributed by atoms with E-state index in [4.69, 9.17) is 5.53 Å². The third kappa shape index (κ3) is 2.08. The van der Waals surface area contributed by atoms with Crippen molar-refractivity contribution in [1.29, 1.82) is 5.53 Å². The first-order valence-electron chi connectivity index (χ1n) is 3.17. The fourth-order valence-corrected chi connectivity index (χ4v) is 1.97. The van der Waals surface area contributed by atoms with Gasteiger partial charge in [-0.15, -0.1) is 9.24 Å². The number of hydrogen-bond donors (Lipinski definition) is 1. The Kier molecular flexibility index (Phi) is 3.06. The standard InChI is InChI=1S/C6H5BrN3O2P/c7-3-1-4(10(11)12)6(9-8)5(13)2-3/h1-2,8H,13H2. The molecule has 1 atom stereocenters. The van der Waals surface area contributed by atoms with Crippen LogP contribution in [0.15, 0.2) is 21.7 Å². The van der Waals surface area contributed by atoms with E-state index in [1.165, 1.54) is 6.07 Å². The van der Waals surface area contributed by atoms with Crippen molar-refractivity contribution in [2.75, 3.05) is 0 Å². The van der Waals surface area contributed by atoms with E-state index in [2.05, 4.69) is 30.3 Å². The van der Waals surface area contributed by atoms with E-state index in [9.17, 15) is 10.1 Å². The Bertz CT molecular complexity index is 382. The first-order chi connectivity index (χ1) is 6.06. The molecule has 0 bridgehead atoms. The fourth-order valence-electron chi connectivity index (χ4n) is 0.866. The summed E-state index contributed by atoms with van der Waals surface area (Å²) in [5, 5.41) is 14.1. The molecule has 0 saturated carbocycles. The molecule has 0 amide bonds. The van der Waals surface area contributed by atoms with Gasteiger partial charge in [0.25, 0.3) is 5.69 Å². The Morgan fingerprint density at radius 3 is 2.69 bits per heavy atom. The molecule has 1 N–H and O–H groups in total. The van der Waals surface area contributed by atoms with Gasteiger partial charge in [0.05, 0.1) is 4.92 Å². The molecule has 1 unspecified atom stereocenters. The molecule has 0 aliphatic heterocycles. The van der Waals surface area contributed by atoms with Crippen LogP contribution < -0.4 is 5.30 Å². The number of hydrogen-bond acceptors (Lipinski definition) is 4. The lowest BCUT2D eigenvalue weighted by molar-refractivity contribution is -0.384. The van der Waals surface area contributed by atoms with Gasteiger partial charge < -0.3 is 0 Å². The third-order valence-corrected chi connectivity index (χ3v) is 2.29. The smallest absolute Gasteiger partial charge is 0.258 e. The largest absolute Gasteiger partial charge is 0.298 e. The van der Waals surface area contributed by atoms with Gasteiger partial charge in [0.15, 0.2) is 5.69 Å². The summed E-state index contributed by atoms with van der Waals surface area (Å²) in [6.45, 7) is 0. The summed E-state index contributed by atoms with van der Waals surface area (Å²) in [6.07, 6.45) is 0. The summed E-state index contributed by atoms with van der Waals surface area (Å²) in [6, 6.07) is 2.96. The number of nitrogens with zero attached hydrogens (tertiary/aromatic N) is 2. The van der Waals surface area contributed by atoms with Crippen molar-refractivity contribution in [3.63, 3.8) is 0 Å². The van der Waals surface area contributed by atoms with Crippen LogP contribution in [-0.4, -0.2) is 4.92 Å². The first-order valence-corrected chi connectivity index (χ1v) is 4.54. The summed E-state index contributed by atoms with van der Waals surface area (Å²) in [5.74, 6) is 0. The SMILES string of the molecule is N=Nc1c(P)cc(Br)cc1[N+](=O)[O-]. The van der Waals surface area contributed by atoms with Crippen LogP contribution in [-0.2, 0) is 0 Å². The van der Waals surface area contributed by atoms with E-state index in [1.54, 1.807) is 6.07 Å². The summed E-state index contributed by atoms with van der Waals surface area (Å²) in [7, 11) is 2.30. The van der Waals surface area contributed by atoms with Gasteiger partial charge in [-0.25, -0.2) is 5.53 Å². The Morgan fingerprint density at radius 2 is 2.23 bits per heavy atom. The predicted octanol–water partition coefficient (Wildman–Crippen LogP) is 2.52. The van der Waals surface area contributed by atoms with Gasteiger partial charge in [-0.1, -0.05) is 15.9 Å². The molecule has 1 aromatic carbocycles. The molecule has 0 spiro atoms. The van der Waals surface area contributed by atoms with E-state index in [0.29, 0.717) is 9.78 Å². The van der Waals surface area contributed by atoms with Crippen LogP contribution in [0.25, 0.3) is 0 Å². The molecule has 0 saturated heterocycles. The van der Waals surface area contributed by atoms with E-state index in [-0.39, 0.29) is 11.4 Å². The van der Waals surface area contributed by atoms with Crippen LogP contribution >= 0.6 is 25.2 Å². The zero-order valence-electron chi connectivity index (χ0n) is 6.32. The topological polar surface area (TPSA) is 79.3 Å². The second-order valence-electron chi connectivity index (χ2n) is 2.23. The molecule has 68 valence electrons. The average Bonchev–Trinajstić information content (AvgIpc) is 2.02. The fraction of sp³-hybridized carbons (Fsp3) is 0. The molecule has 0 aliphatic rings. The number of halogens is 1. The second-order valence-corrected chi connectivity index (χ2v) is 3.77. The molecule has 0 fully saturated rings. The lowest BCUT2D eigenvalue weighted by atomic mass is 10.3. The van der Waals surface area contributed by atoms with Crippen molar-refractivity contribution in [2.45, 2.75) is 0 Å². The molecule has 0 radical (unpaired) electrons. The highest BCUT2D eigenvalue weighted by Gasteiger charge is 2.16. The predicted molar refractivity (Wildman–Crippen MR) is 54.9 cm³/mol. The van der Waals surface area contributed by atoms with Crippen LogP contribution in [0.2, 0.25) is 0 Å². The Hall–Kier alpha value is -0.870. The summed E-state index contributed by atoms with van der Waals surface area (Å²) in [5.41, 5.74) is 6.68. The van der Waals surface area contributed by atoms with Crippen LogP contribution in [0, 0.1) is 15.6 Å². The maximum Gasteiger partial charge on any atom is 0.298 e. The number of nitro benzene ring substituents is 1. The van der Waals surface area contributed by atoms with E-state index in [0.717, 1.165) is 0 Å². The van der Waals surface area contributed by atoms with Crippen LogP contribution in [0.5, 0.6) is 0 Å². The lowest BCUT2D eigenvalue weighted by Crippen LogP contribution is -1.97. The quantitative estimate of drug-likeness (QED) is 0.384. The van der Waals surface area contributed by atoms with Gasteiger partial charge in [0.1, 0.15) is 0 Å². The molecule has 0 aromatic heterocycles. The van der Waals surface area contributed by atoms with Crippen molar-refractivity contribution in [1.82, 2.24) is 0 Å².